The lowest BCUT2D eigenvalue weighted by atomic mass is 10.2. The molecule has 0 saturated carbocycles. The van der Waals surface area contributed by atoms with Gasteiger partial charge in [0.05, 0.1) is 4.24 Å². The molecule has 2 aromatic rings. The molecule has 0 atom stereocenters. The maximum absolute atomic E-state index is 10.9. The summed E-state index contributed by atoms with van der Waals surface area (Å²) in [6, 6.07) is 17.0. The van der Waals surface area contributed by atoms with E-state index in [0.29, 0.717) is 5.22 Å². The Morgan fingerprint density at radius 2 is 1.57 bits per heavy atom. The quantitative estimate of drug-likeness (QED) is 0.876. The second-order valence-electron chi connectivity index (χ2n) is 4.31. The number of nitriles is 1. The van der Waals surface area contributed by atoms with E-state index in [1.165, 1.54) is 9.79 Å². The van der Waals surface area contributed by atoms with Crippen LogP contribution in [0.2, 0.25) is 0 Å². The van der Waals surface area contributed by atoms with Gasteiger partial charge in [0, 0.05) is 9.79 Å². The van der Waals surface area contributed by atoms with E-state index in [0.717, 1.165) is 9.46 Å². The van der Waals surface area contributed by atoms with Gasteiger partial charge in [-0.25, -0.2) is 4.79 Å². The van der Waals surface area contributed by atoms with Gasteiger partial charge < -0.3 is 5.11 Å². The molecule has 0 aromatic heterocycles. The van der Waals surface area contributed by atoms with Crippen molar-refractivity contribution in [1.29, 1.82) is 5.26 Å². The summed E-state index contributed by atoms with van der Waals surface area (Å²) < 4.78 is 1.16. The van der Waals surface area contributed by atoms with Gasteiger partial charge >= 0.3 is 5.97 Å². The molecule has 3 rings (SSSR count). The fraction of sp³-hybridized carbons (Fsp3) is 0. The Morgan fingerprint density at radius 3 is 2.05 bits per heavy atom. The molecular weight excluding hydrogens is 302 g/mol. The molecule has 21 heavy (non-hydrogen) atoms. The minimum Gasteiger partial charge on any atom is -0.477 e. The van der Waals surface area contributed by atoms with Gasteiger partial charge in [-0.1, -0.05) is 59.9 Å². The Labute approximate surface area is 129 Å². The van der Waals surface area contributed by atoms with E-state index in [2.05, 4.69) is 12.1 Å². The van der Waals surface area contributed by atoms with Crippen LogP contribution in [0, 0.1) is 11.3 Å². The summed E-state index contributed by atoms with van der Waals surface area (Å²) in [5, 5.41) is 19.3. The zero-order valence-corrected chi connectivity index (χ0v) is 12.4. The number of benzene rings is 2. The van der Waals surface area contributed by atoms with Crippen LogP contribution in [0.4, 0.5) is 0 Å². The maximum Gasteiger partial charge on any atom is 0.347 e. The molecule has 0 radical (unpaired) electrons. The number of aliphatic carboxylic acids is 1. The molecule has 0 bridgehead atoms. The third-order valence-corrected chi connectivity index (χ3v) is 5.61. The highest BCUT2D eigenvalue weighted by atomic mass is 32.2. The first kappa shape index (κ1) is 13.8. The summed E-state index contributed by atoms with van der Waals surface area (Å²) in [6.45, 7) is 0. The number of nitrogens with zero attached hydrogens (tertiary/aromatic N) is 1. The summed E-state index contributed by atoms with van der Waals surface area (Å²) in [6.07, 6.45) is 0. The van der Waals surface area contributed by atoms with Crippen molar-refractivity contribution < 1.29 is 9.90 Å². The number of rotatable bonds is 1. The molecule has 0 amide bonds. The van der Waals surface area contributed by atoms with Crippen molar-refractivity contribution in [3.63, 3.8) is 0 Å². The first-order chi connectivity index (χ1) is 10.2. The average molecular weight is 311 g/mol. The molecule has 102 valence electrons. The Hall–Kier alpha value is -2.16. The predicted molar refractivity (Wildman–Crippen MR) is 83.9 cm³/mol. The third kappa shape index (κ3) is 2.68. The highest BCUT2D eigenvalue weighted by molar-refractivity contribution is 8.32. The molecule has 1 aliphatic rings. The monoisotopic (exact) mass is 311 g/mol. The van der Waals surface area contributed by atoms with Gasteiger partial charge in [0.15, 0.2) is 0 Å². The minimum atomic E-state index is -1.20. The fourth-order valence-corrected chi connectivity index (χ4v) is 4.46. The van der Waals surface area contributed by atoms with Gasteiger partial charge in [-0.15, -0.1) is 0 Å². The van der Waals surface area contributed by atoms with Crippen molar-refractivity contribution in [3.8, 4) is 6.07 Å². The Kier molecular flexibility index (Phi) is 3.74. The molecule has 3 nitrogen and oxygen atoms in total. The molecule has 0 unspecified atom stereocenters. The second kappa shape index (κ2) is 5.68. The van der Waals surface area contributed by atoms with Gasteiger partial charge in [-0.3, -0.25) is 0 Å². The molecule has 0 saturated heterocycles. The molecule has 0 spiro atoms. The van der Waals surface area contributed by atoms with Crippen molar-refractivity contribution >= 4 is 39.3 Å². The van der Waals surface area contributed by atoms with Gasteiger partial charge in [-0.2, -0.15) is 5.26 Å². The van der Waals surface area contributed by atoms with Gasteiger partial charge in [-0.05, 0) is 22.6 Å². The summed E-state index contributed by atoms with van der Waals surface area (Å²) in [4.78, 5) is 13.4. The lowest BCUT2D eigenvalue weighted by molar-refractivity contribution is -0.130. The van der Waals surface area contributed by atoms with Crippen molar-refractivity contribution in [3.05, 3.63) is 59.0 Å². The normalized spacial score (nSPS) is 12.6. The van der Waals surface area contributed by atoms with E-state index >= 15 is 0 Å². The van der Waals surface area contributed by atoms with Gasteiger partial charge in [0.2, 0.25) is 0 Å². The molecule has 0 aliphatic carbocycles. The number of thioether (sulfide) groups is 2. The number of fused-ring (bicyclic) bond motifs is 1. The zero-order chi connectivity index (χ0) is 14.8. The molecule has 1 aliphatic heterocycles. The maximum atomic E-state index is 10.9. The molecule has 2 aromatic carbocycles. The zero-order valence-electron chi connectivity index (χ0n) is 10.7. The number of hydrogen-bond donors (Lipinski definition) is 1. The molecular formula is C16H9NO2S2. The van der Waals surface area contributed by atoms with Crippen LogP contribution in [0.15, 0.2) is 58.3 Å². The Bertz CT molecular complexity index is 847. The van der Waals surface area contributed by atoms with Gasteiger partial charge in [0.25, 0.3) is 0 Å². The van der Waals surface area contributed by atoms with E-state index in [1.54, 1.807) is 41.7 Å². The lowest BCUT2D eigenvalue weighted by Crippen LogP contribution is -2.14. The summed E-state index contributed by atoms with van der Waals surface area (Å²) in [5.41, 5.74) is -0.235. The molecule has 0 fully saturated rings. The topological polar surface area (TPSA) is 61.1 Å². The van der Waals surface area contributed by atoms with E-state index < -0.39 is 5.97 Å². The van der Waals surface area contributed by atoms with E-state index in [9.17, 15) is 4.79 Å². The number of hydrogen-bond acceptors (Lipinski definition) is 4. The number of carboxylic acids is 1. The van der Waals surface area contributed by atoms with Crippen LogP contribution in [-0.4, -0.2) is 11.1 Å². The number of carbonyl (C=O) groups is 1. The fourth-order valence-electron chi connectivity index (χ4n) is 1.97. The standard InChI is InChI=1S/C16H9NO2S2/c17-9-12(15(18)19)10-5-7-11(8-6-10)16-20-13-3-1-2-4-14(13)21-16/h1-8H,(H,18,19). The smallest absolute Gasteiger partial charge is 0.347 e. The Morgan fingerprint density at radius 1 is 1.00 bits per heavy atom. The predicted octanol–water partition coefficient (Wildman–Crippen LogP) is 2.41. The van der Waals surface area contributed by atoms with Crippen LogP contribution in [0.3, 0.4) is 0 Å². The van der Waals surface area contributed by atoms with Gasteiger partial charge in [0.1, 0.15) is 11.6 Å². The lowest BCUT2D eigenvalue weighted by Gasteiger charge is -1.95. The van der Waals surface area contributed by atoms with Crippen molar-refractivity contribution in [2.45, 2.75) is 9.79 Å². The van der Waals surface area contributed by atoms with Crippen molar-refractivity contribution in [2.75, 3.05) is 0 Å². The number of carboxylic acid groups (broad SMARTS) is 1. The second-order valence-corrected chi connectivity index (χ2v) is 6.67. The highest BCUT2D eigenvalue weighted by Gasteiger charge is 2.16. The largest absolute Gasteiger partial charge is 0.477 e. The van der Waals surface area contributed by atoms with Crippen LogP contribution < -0.4 is 10.4 Å². The van der Waals surface area contributed by atoms with Crippen LogP contribution in [-0.2, 0) is 4.79 Å². The van der Waals surface area contributed by atoms with Crippen LogP contribution in [0.25, 0.3) is 9.81 Å². The molecule has 1 N–H and O–H groups in total. The van der Waals surface area contributed by atoms with E-state index in [-0.39, 0.29) is 5.57 Å². The summed E-state index contributed by atoms with van der Waals surface area (Å²) in [5.74, 6) is -1.20. The molecule has 5 heteroatoms. The minimum absolute atomic E-state index is 0.235. The SMILES string of the molecule is N#CC(C(=O)O)=c1ccc(=C2Sc3ccccc3S2)cc1. The van der Waals surface area contributed by atoms with E-state index in [4.69, 9.17) is 10.4 Å². The summed E-state index contributed by atoms with van der Waals surface area (Å²) >= 11 is 3.41. The van der Waals surface area contributed by atoms with Crippen LogP contribution in [0.5, 0.6) is 0 Å². The van der Waals surface area contributed by atoms with Crippen LogP contribution >= 0.6 is 23.5 Å². The first-order valence-corrected chi connectivity index (χ1v) is 7.75. The van der Waals surface area contributed by atoms with Crippen molar-refractivity contribution in [2.24, 2.45) is 0 Å². The van der Waals surface area contributed by atoms with Crippen molar-refractivity contribution in [1.82, 2.24) is 0 Å². The van der Waals surface area contributed by atoms with E-state index in [1.807, 2.05) is 24.3 Å². The average Bonchev–Trinajstić information content (AvgIpc) is 2.92. The third-order valence-electron chi connectivity index (χ3n) is 2.99. The molecule has 1 heterocycles. The Balaban J connectivity index is 2.06. The highest BCUT2D eigenvalue weighted by Crippen LogP contribution is 2.51. The summed E-state index contributed by atoms with van der Waals surface area (Å²) in [7, 11) is 0. The van der Waals surface area contributed by atoms with Crippen LogP contribution in [0.1, 0.15) is 0 Å². The first-order valence-electron chi connectivity index (χ1n) is 6.12.